The number of benzene rings is 1. The van der Waals surface area contributed by atoms with Crippen LogP contribution >= 0.6 is 34.8 Å². The van der Waals surface area contributed by atoms with E-state index < -0.39 is 0 Å². The second-order valence-electron chi connectivity index (χ2n) is 4.41. The number of carbonyl (C=O) groups is 1. The van der Waals surface area contributed by atoms with Crippen LogP contribution in [-0.4, -0.2) is 15.6 Å². The minimum Gasteiger partial charge on any atom is -0.292 e. The second-order valence-corrected chi connectivity index (χ2v) is 5.63. The topological polar surface area (TPSA) is 34.9 Å². The molecule has 0 unspecified atom stereocenters. The van der Waals surface area contributed by atoms with Crippen molar-refractivity contribution in [2.24, 2.45) is 0 Å². The van der Waals surface area contributed by atoms with Gasteiger partial charge in [0.2, 0.25) is 0 Å². The summed E-state index contributed by atoms with van der Waals surface area (Å²) < 4.78 is 1.64. The molecule has 2 aromatic rings. The fourth-order valence-electron chi connectivity index (χ4n) is 1.94. The van der Waals surface area contributed by atoms with E-state index in [0.29, 0.717) is 27.3 Å². The predicted molar refractivity (Wildman–Crippen MR) is 82.0 cm³/mol. The van der Waals surface area contributed by atoms with E-state index in [2.05, 4.69) is 5.10 Å². The lowest BCUT2D eigenvalue weighted by Gasteiger charge is -2.07. The lowest BCUT2D eigenvalue weighted by atomic mass is 10.1. The first-order chi connectivity index (χ1) is 9.52. The molecule has 0 aliphatic rings. The molecule has 0 saturated heterocycles. The van der Waals surface area contributed by atoms with E-state index in [1.54, 1.807) is 22.9 Å². The van der Waals surface area contributed by atoms with E-state index >= 15 is 0 Å². The molecule has 0 N–H and O–H groups in total. The molecule has 0 atom stereocenters. The Morgan fingerprint density at radius 1 is 1.20 bits per heavy atom. The minimum absolute atomic E-state index is 0.0839. The maximum Gasteiger partial charge on any atom is 0.186 e. The molecule has 0 radical (unpaired) electrons. The van der Waals surface area contributed by atoms with Gasteiger partial charge in [-0.05, 0) is 24.1 Å². The Kier molecular flexibility index (Phi) is 5.08. The number of Topliss-reactive ketones (excluding diaryl/α,β-unsaturated/α-hetero) is 1. The van der Waals surface area contributed by atoms with Crippen LogP contribution in [0.4, 0.5) is 0 Å². The van der Waals surface area contributed by atoms with Gasteiger partial charge in [0, 0.05) is 13.0 Å². The van der Waals surface area contributed by atoms with Crippen molar-refractivity contribution in [2.75, 3.05) is 0 Å². The molecule has 2 rings (SSSR count). The number of rotatable bonds is 5. The third-order valence-corrected chi connectivity index (χ3v) is 3.86. The van der Waals surface area contributed by atoms with Gasteiger partial charge in [0.25, 0.3) is 0 Å². The van der Waals surface area contributed by atoms with Crippen molar-refractivity contribution < 1.29 is 4.79 Å². The van der Waals surface area contributed by atoms with E-state index in [1.807, 2.05) is 6.92 Å². The van der Waals surface area contributed by atoms with Crippen LogP contribution in [0.25, 0.3) is 0 Å². The number of ketones is 1. The monoisotopic (exact) mass is 330 g/mol. The van der Waals surface area contributed by atoms with E-state index in [1.165, 1.54) is 6.20 Å². The van der Waals surface area contributed by atoms with Gasteiger partial charge in [-0.1, -0.05) is 47.8 Å². The average molecular weight is 332 g/mol. The van der Waals surface area contributed by atoms with Crippen molar-refractivity contribution in [3.05, 3.63) is 50.7 Å². The van der Waals surface area contributed by atoms with Gasteiger partial charge < -0.3 is 0 Å². The summed E-state index contributed by atoms with van der Waals surface area (Å²) in [6, 6.07) is 5.15. The van der Waals surface area contributed by atoms with Crippen LogP contribution in [0.1, 0.15) is 29.4 Å². The van der Waals surface area contributed by atoms with Crippen LogP contribution in [-0.2, 0) is 13.0 Å². The SMILES string of the molecule is CCCn1ncc(Cl)c1C(=O)Cc1ccc(Cl)c(Cl)c1. The zero-order valence-electron chi connectivity index (χ0n) is 10.9. The zero-order chi connectivity index (χ0) is 14.7. The third kappa shape index (κ3) is 3.35. The van der Waals surface area contributed by atoms with Gasteiger partial charge in [0.15, 0.2) is 5.78 Å². The summed E-state index contributed by atoms with van der Waals surface area (Å²) in [6.45, 7) is 2.68. The molecule has 106 valence electrons. The first-order valence-corrected chi connectivity index (χ1v) is 7.34. The number of carbonyl (C=O) groups excluding carboxylic acids is 1. The van der Waals surface area contributed by atoms with Gasteiger partial charge in [-0.3, -0.25) is 9.48 Å². The lowest BCUT2D eigenvalue weighted by molar-refractivity contribution is 0.0982. The standard InChI is InChI=1S/C14H13Cl3N2O/c1-2-5-19-14(12(17)8-18-19)13(20)7-9-3-4-10(15)11(16)6-9/h3-4,6,8H,2,5,7H2,1H3. The van der Waals surface area contributed by atoms with Crippen LogP contribution in [0.3, 0.4) is 0 Å². The quantitative estimate of drug-likeness (QED) is 0.746. The Labute approximate surface area is 132 Å². The van der Waals surface area contributed by atoms with Crippen molar-refractivity contribution >= 4 is 40.6 Å². The number of aromatic nitrogens is 2. The number of aryl methyl sites for hydroxylation is 1. The highest BCUT2D eigenvalue weighted by atomic mass is 35.5. The molecule has 0 bridgehead atoms. The molecule has 3 nitrogen and oxygen atoms in total. The Hall–Kier alpha value is -1.03. The molecule has 0 aliphatic heterocycles. The third-order valence-electron chi connectivity index (χ3n) is 2.84. The Balaban J connectivity index is 2.23. The van der Waals surface area contributed by atoms with Gasteiger partial charge >= 0.3 is 0 Å². The van der Waals surface area contributed by atoms with E-state index in [9.17, 15) is 4.79 Å². The smallest absolute Gasteiger partial charge is 0.186 e. The summed E-state index contributed by atoms with van der Waals surface area (Å²) >= 11 is 17.9. The summed E-state index contributed by atoms with van der Waals surface area (Å²) in [5.41, 5.74) is 1.24. The number of hydrogen-bond donors (Lipinski definition) is 0. The van der Waals surface area contributed by atoms with E-state index in [0.717, 1.165) is 12.0 Å². The summed E-state index contributed by atoms with van der Waals surface area (Å²) in [5.74, 6) is -0.0839. The Morgan fingerprint density at radius 3 is 2.60 bits per heavy atom. The molecule has 1 heterocycles. The molecule has 1 aromatic heterocycles. The van der Waals surface area contributed by atoms with Gasteiger partial charge in [-0.2, -0.15) is 5.10 Å². The molecule has 0 aliphatic carbocycles. The summed E-state index contributed by atoms with van der Waals surface area (Å²) in [5, 5.41) is 5.40. The van der Waals surface area contributed by atoms with Crippen LogP contribution in [0.5, 0.6) is 0 Å². The zero-order valence-corrected chi connectivity index (χ0v) is 13.1. The first-order valence-electron chi connectivity index (χ1n) is 6.21. The summed E-state index contributed by atoms with van der Waals surface area (Å²) in [6.07, 6.45) is 2.59. The molecule has 0 amide bonds. The molecular weight excluding hydrogens is 319 g/mol. The van der Waals surface area contributed by atoms with Gasteiger partial charge in [-0.25, -0.2) is 0 Å². The molecule has 1 aromatic carbocycles. The normalized spacial score (nSPS) is 10.8. The summed E-state index contributed by atoms with van der Waals surface area (Å²) in [7, 11) is 0. The molecule has 6 heteroatoms. The predicted octanol–water partition coefficient (Wildman–Crippen LogP) is 4.68. The van der Waals surface area contributed by atoms with Crippen LogP contribution in [0.2, 0.25) is 15.1 Å². The lowest BCUT2D eigenvalue weighted by Crippen LogP contribution is -2.13. The fraction of sp³-hybridized carbons (Fsp3) is 0.286. The van der Waals surface area contributed by atoms with Crippen molar-refractivity contribution in [1.82, 2.24) is 9.78 Å². The van der Waals surface area contributed by atoms with Gasteiger partial charge in [-0.15, -0.1) is 0 Å². The molecule has 0 saturated carbocycles. The van der Waals surface area contributed by atoms with Gasteiger partial charge in [0.05, 0.1) is 21.3 Å². The van der Waals surface area contributed by atoms with E-state index in [-0.39, 0.29) is 12.2 Å². The Morgan fingerprint density at radius 2 is 1.95 bits per heavy atom. The first kappa shape index (κ1) is 15.4. The number of hydrogen-bond acceptors (Lipinski definition) is 2. The average Bonchev–Trinajstić information content (AvgIpc) is 2.76. The molecular formula is C14H13Cl3N2O. The van der Waals surface area contributed by atoms with Crippen molar-refractivity contribution in [3.8, 4) is 0 Å². The fourth-order valence-corrected chi connectivity index (χ4v) is 2.51. The van der Waals surface area contributed by atoms with Crippen molar-refractivity contribution in [1.29, 1.82) is 0 Å². The van der Waals surface area contributed by atoms with E-state index in [4.69, 9.17) is 34.8 Å². The van der Waals surface area contributed by atoms with Crippen LogP contribution < -0.4 is 0 Å². The van der Waals surface area contributed by atoms with Gasteiger partial charge in [0.1, 0.15) is 5.69 Å². The van der Waals surface area contributed by atoms with Crippen molar-refractivity contribution in [3.63, 3.8) is 0 Å². The van der Waals surface area contributed by atoms with Crippen molar-refractivity contribution in [2.45, 2.75) is 26.3 Å². The molecule has 0 fully saturated rings. The molecule has 0 spiro atoms. The van der Waals surface area contributed by atoms with Crippen LogP contribution in [0.15, 0.2) is 24.4 Å². The maximum atomic E-state index is 12.4. The molecule has 20 heavy (non-hydrogen) atoms. The minimum atomic E-state index is -0.0839. The highest BCUT2D eigenvalue weighted by Crippen LogP contribution is 2.24. The van der Waals surface area contributed by atoms with Crippen LogP contribution in [0, 0.1) is 0 Å². The number of halogens is 3. The number of nitrogens with zero attached hydrogens (tertiary/aromatic N) is 2. The largest absolute Gasteiger partial charge is 0.292 e. The second kappa shape index (κ2) is 6.61. The highest BCUT2D eigenvalue weighted by molar-refractivity contribution is 6.42. The highest BCUT2D eigenvalue weighted by Gasteiger charge is 2.17. The Bertz CT molecular complexity index is 637. The summed E-state index contributed by atoms with van der Waals surface area (Å²) in [4.78, 5) is 12.4. The maximum absolute atomic E-state index is 12.4.